The molecule has 0 aromatic heterocycles. The quantitative estimate of drug-likeness (QED) is 0.630. The molecule has 0 saturated heterocycles. The summed E-state index contributed by atoms with van der Waals surface area (Å²) in [7, 11) is 2.83. The molecule has 0 aliphatic rings. The van der Waals surface area contributed by atoms with E-state index >= 15 is 0 Å². The van der Waals surface area contributed by atoms with Crippen LogP contribution in [0, 0.1) is 5.82 Å². The van der Waals surface area contributed by atoms with Crippen LogP contribution in [0.1, 0.15) is 12.5 Å². The van der Waals surface area contributed by atoms with Crippen molar-refractivity contribution < 1.29 is 18.7 Å². The van der Waals surface area contributed by atoms with Gasteiger partial charge in [0.15, 0.2) is 0 Å². The van der Waals surface area contributed by atoms with Crippen molar-refractivity contribution in [2.24, 2.45) is 0 Å². The molecule has 0 fully saturated rings. The van der Waals surface area contributed by atoms with Gasteiger partial charge in [-0.3, -0.25) is 0 Å². The average molecular weight is 300 g/mol. The Labute approximate surface area is 129 Å². The fourth-order valence-corrected chi connectivity index (χ4v) is 2.09. The lowest BCUT2D eigenvalue weighted by Gasteiger charge is -2.07. The number of benzene rings is 2. The molecular formula is C18H17FO3. The summed E-state index contributed by atoms with van der Waals surface area (Å²) in [6, 6.07) is 12.1. The molecule has 0 spiro atoms. The Balaban J connectivity index is 2.29. The summed E-state index contributed by atoms with van der Waals surface area (Å²) in [5.74, 6) is -0.258. The molecule has 4 heteroatoms. The monoisotopic (exact) mass is 300 g/mol. The van der Waals surface area contributed by atoms with Crippen LogP contribution in [0.25, 0.3) is 16.7 Å². The Morgan fingerprint density at radius 2 is 1.77 bits per heavy atom. The van der Waals surface area contributed by atoms with Gasteiger partial charge in [0.05, 0.1) is 14.2 Å². The highest BCUT2D eigenvalue weighted by Crippen LogP contribution is 2.27. The largest absolute Gasteiger partial charge is 0.497 e. The molecule has 0 aliphatic heterocycles. The fourth-order valence-electron chi connectivity index (χ4n) is 2.09. The van der Waals surface area contributed by atoms with Crippen LogP contribution >= 0.6 is 0 Å². The third-order valence-corrected chi connectivity index (χ3v) is 3.36. The first kappa shape index (κ1) is 15.8. The van der Waals surface area contributed by atoms with E-state index in [1.807, 2.05) is 31.2 Å². The maximum Gasteiger partial charge on any atom is 0.330 e. The van der Waals surface area contributed by atoms with Crippen LogP contribution in [0.2, 0.25) is 0 Å². The Kier molecular flexibility index (Phi) is 4.94. The predicted molar refractivity (Wildman–Crippen MR) is 84.1 cm³/mol. The molecule has 3 nitrogen and oxygen atoms in total. The van der Waals surface area contributed by atoms with Crippen LogP contribution in [-0.2, 0) is 9.53 Å². The number of halogens is 1. The van der Waals surface area contributed by atoms with Crippen LogP contribution in [0.3, 0.4) is 0 Å². The summed E-state index contributed by atoms with van der Waals surface area (Å²) in [6.45, 7) is 1.82. The molecule has 0 saturated carbocycles. The molecule has 2 aromatic carbocycles. The summed E-state index contributed by atoms with van der Waals surface area (Å²) in [4.78, 5) is 11.2. The Morgan fingerprint density at radius 3 is 2.32 bits per heavy atom. The molecule has 0 aliphatic carbocycles. The maximum atomic E-state index is 14.0. The van der Waals surface area contributed by atoms with Crippen molar-refractivity contribution in [2.75, 3.05) is 14.2 Å². The number of hydrogen-bond acceptors (Lipinski definition) is 3. The number of hydrogen-bond donors (Lipinski definition) is 0. The number of carbonyl (C=O) groups excluding carboxylic acids is 1. The summed E-state index contributed by atoms with van der Waals surface area (Å²) in [5.41, 5.74) is 2.92. The zero-order valence-corrected chi connectivity index (χ0v) is 12.7. The SMILES string of the molecule is COC(=O)/C=C(\C)c1ccc(-c2ccc(OC)cc2F)cc1. The van der Waals surface area contributed by atoms with E-state index in [2.05, 4.69) is 4.74 Å². The van der Waals surface area contributed by atoms with Crippen molar-refractivity contribution in [2.45, 2.75) is 6.92 Å². The molecule has 22 heavy (non-hydrogen) atoms. The highest BCUT2D eigenvalue weighted by Gasteiger charge is 2.07. The van der Waals surface area contributed by atoms with Crippen molar-refractivity contribution in [1.29, 1.82) is 0 Å². The van der Waals surface area contributed by atoms with E-state index in [4.69, 9.17) is 4.74 Å². The predicted octanol–water partition coefficient (Wildman–Crippen LogP) is 4.08. The molecule has 2 rings (SSSR count). The van der Waals surface area contributed by atoms with Gasteiger partial charge in [-0.2, -0.15) is 0 Å². The maximum absolute atomic E-state index is 14.0. The molecule has 0 bridgehead atoms. The first-order valence-corrected chi connectivity index (χ1v) is 6.75. The van der Waals surface area contributed by atoms with Crippen LogP contribution < -0.4 is 4.74 Å². The topological polar surface area (TPSA) is 35.5 Å². The molecule has 0 heterocycles. The molecule has 0 radical (unpaired) electrons. The molecule has 0 amide bonds. The number of rotatable bonds is 4. The second-order valence-electron chi connectivity index (χ2n) is 4.77. The molecule has 0 unspecified atom stereocenters. The minimum atomic E-state index is -0.400. The summed E-state index contributed by atoms with van der Waals surface area (Å²) in [5, 5.41) is 0. The van der Waals surface area contributed by atoms with Gasteiger partial charge >= 0.3 is 5.97 Å². The zero-order valence-electron chi connectivity index (χ0n) is 12.7. The number of allylic oxidation sites excluding steroid dienone is 1. The second kappa shape index (κ2) is 6.89. The van der Waals surface area contributed by atoms with E-state index in [9.17, 15) is 9.18 Å². The molecule has 2 aromatic rings. The van der Waals surface area contributed by atoms with Gasteiger partial charge in [0.1, 0.15) is 11.6 Å². The average Bonchev–Trinajstić information content (AvgIpc) is 2.54. The lowest BCUT2D eigenvalue weighted by atomic mass is 10.0. The highest BCUT2D eigenvalue weighted by molar-refractivity contribution is 5.91. The van der Waals surface area contributed by atoms with Gasteiger partial charge in [-0.1, -0.05) is 24.3 Å². The summed E-state index contributed by atoms with van der Waals surface area (Å²) in [6.07, 6.45) is 1.42. The number of carbonyl (C=O) groups is 1. The third kappa shape index (κ3) is 3.52. The van der Waals surface area contributed by atoms with Crippen molar-refractivity contribution in [3.63, 3.8) is 0 Å². The van der Waals surface area contributed by atoms with Crippen LogP contribution in [0.4, 0.5) is 4.39 Å². The van der Waals surface area contributed by atoms with Crippen molar-refractivity contribution in [1.82, 2.24) is 0 Å². The first-order valence-electron chi connectivity index (χ1n) is 6.75. The summed E-state index contributed by atoms with van der Waals surface area (Å²) >= 11 is 0. The molecule has 114 valence electrons. The zero-order chi connectivity index (χ0) is 16.1. The van der Waals surface area contributed by atoms with Crippen LogP contribution in [0.15, 0.2) is 48.5 Å². The minimum absolute atomic E-state index is 0.339. The van der Waals surface area contributed by atoms with Gasteiger partial charge < -0.3 is 9.47 Å². The van der Waals surface area contributed by atoms with Gasteiger partial charge in [-0.15, -0.1) is 0 Å². The molecule has 0 N–H and O–H groups in total. The third-order valence-electron chi connectivity index (χ3n) is 3.36. The van der Waals surface area contributed by atoms with Gasteiger partial charge in [0.2, 0.25) is 0 Å². The second-order valence-corrected chi connectivity index (χ2v) is 4.77. The molecule has 0 atom stereocenters. The Hall–Kier alpha value is -2.62. The van der Waals surface area contributed by atoms with Gasteiger partial charge in [0.25, 0.3) is 0 Å². The van der Waals surface area contributed by atoms with Gasteiger partial charge in [0, 0.05) is 17.7 Å². The van der Waals surface area contributed by atoms with Crippen LogP contribution in [0.5, 0.6) is 5.75 Å². The first-order chi connectivity index (χ1) is 10.5. The van der Waals surface area contributed by atoms with Crippen LogP contribution in [-0.4, -0.2) is 20.2 Å². The van der Waals surface area contributed by atoms with Crippen molar-refractivity contribution >= 4 is 11.5 Å². The van der Waals surface area contributed by atoms with Gasteiger partial charge in [-0.25, -0.2) is 9.18 Å². The Bertz CT molecular complexity index is 703. The van der Waals surface area contributed by atoms with E-state index in [0.29, 0.717) is 11.3 Å². The standard InChI is InChI=1S/C18H17FO3/c1-12(10-18(20)22-3)13-4-6-14(7-5-13)16-9-8-15(21-2)11-17(16)19/h4-11H,1-3H3/b12-10+. The minimum Gasteiger partial charge on any atom is -0.497 e. The van der Waals surface area contributed by atoms with E-state index in [1.165, 1.54) is 26.4 Å². The Morgan fingerprint density at radius 1 is 1.09 bits per heavy atom. The van der Waals surface area contributed by atoms with E-state index in [1.54, 1.807) is 12.1 Å². The van der Waals surface area contributed by atoms with Crippen molar-refractivity contribution in [3.05, 3.63) is 59.9 Å². The van der Waals surface area contributed by atoms with E-state index in [0.717, 1.165) is 16.7 Å². The number of ether oxygens (including phenoxy) is 2. The smallest absolute Gasteiger partial charge is 0.330 e. The van der Waals surface area contributed by atoms with E-state index < -0.39 is 5.97 Å². The number of esters is 1. The lowest BCUT2D eigenvalue weighted by Crippen LogP contribution is -1.95. The fraction of sp³-hybridized carbons (Fsp3) is 0.167. The van der Waals surface area contributed by atoms with Gasteiger partial charge in [-0.05, 0) is 35.8 Å². The molecular weight excluding hydrogens is 283 g/mol. The summed E-state index contributed by atoms with van der Waals surface area (Å²) < 4.78 is 23.6. The highest BCUT2D eigenvalue weighted by atomic mass is 19.1. The lowest BCUT2D eigenvalue weighted by molar-refractivity contribution is -0.134. The van der Waals surface area contributed by atoms with Crippen molar-refractivity contribution in [3.8, 4) is 16.9 Å². The van der Waals surface area contributed by atoms with E-state index in [-0.39, 0.29) is 5.82 Å². The normalized spacial score (nSPS) is 11.2. The number of methoxy groups -OCH3 is 2.